The minimum absolute atomic E-state index is 0.0351. The van der Waals surface area contributed by atoms with E-state index in [1.165, 1.54) is 0 Å². The molecule has 0 aliphatic rings. The highest BCUT2D eigenvalue weighted by atomic mass is 19.1. The molecule has 0 saturated carbocycles. The lowest BCUT2D eigenvalue weighted by Crippen LogP contribution is -2.21. The Morgan fingerprint density at radius 3 is 2.95 bits per heavy atom. The Hall–Kier alpha value is -2.41. The number of aliphatic hydroxyl groups excluding tert-OH is 1. The van der Waals surface area contributed by atoms with Gasteiger partial charge < -0.3 is 21.5 Å². The van der Waals surface area contributed by atoms with Gasteiger partial charge in [0.25, 0.3) is 0 Å². The molecule has 20 heavy (non-hydrogen) atoms. The third-order valence-corrected chi connectivity index (χ3v) is 2.54. The van der Waals surface area contributed by atoms with Crippen LogP contribution in [0.3, 0.4) is 0 Å². The van der Waals surface area contributed by atoms with Gasteiger partial charge in [-0.05, 0) is 25.1 Å². The van der Waals surface area contributed by atoms with Gasteiger partial charge in [-0.2, -0.15) is 4.98 Å². The van der Waals surface area contributed by atoms with E-state index in [2.05, 4.69) is 20.6 Å². The molecule has 0 aliphatic heterocycles. The van der Waals surface area contributed by atoms with Crippen LogP contribution in [0.5, 0.6) is 0 Å². The molecule has 1 aromatic carbocycles. The monoisotopic (exact) mass is 277 g/mol. The van der Waals surface area contributed by atoms with Crippen LogP contribution in [-0.4, -0.2) is 27.7 Å². The lowest BCUT2D eigenvalue weighted by Gasteiger charge is -2.13. The third kappa shape index (κ3) is 3.55. The summed E-state index contributed by atoms with van der Waals surface area (Å²) >= 11 is 0. The number of halogens is 1. The fraction of sp³-hybridized carbons (Fsp3) is 0.231. The summed E-state index contributed by atoms with van der Waals surface area (Å²) in [5.74, 6) is -0.305. The SMILES string of the molecule is CC(CO)Nc1nc(Nc2cccc(N)c2)ncc1F. The van der Waals surface area contributed by atoms with Gasteiger partial charge in [0, 0.05) is 17.4 Å². The molecule has 2 rings (SSSR count). The molecule has 106 valence electrons. The normalized spacial score (nSPS) is 11.9. The number of hydrogen-bond donors (Lipinski definition) is 4. The summed E-state index contributed by atoms with van der Waals surface area (Å²) in [4.78, 5) is 7.88. The Bertz CT molecular complexity index is 593. The summed E-state index contributed by atoms with van der Waals surface area (Å²) in [7, 11) is 0. The Morgan fingerprint density at radius 1 is 1.45 bits per heavy atom. The van der Waals surface area contributed by atoms with Crippen LogP contribution in [0.15, 0.2) is 30.5 Å². The maximum Gasteiger partial charge on any atom is 0.229 e. The van der Waals surface area contributed by atoms with Gasteiger partial charge in [0.05, 0.1) is 12.8 Å². The van der Waals surface area contributed by atoms with E-state index in [0.29, 0.717) is 11.4 Å². The topological polar surface area (TPSA) is 96.1 Å². The lowest BCUT2D eigenvalue weighted by molar-refractivity contribution is 0.281. The van der Waals surface area contributed by atoms with Gasteiger partial charge >= 0.3 is 0 Å². The number of aromatic nitrogens is 2. The van der Waals surface area contributed by atoms with Crippen LogP contribution in [0.25, 0.3) is 0 Å². The smallest absolute Gasteiger partial charge is 0.229 e. The quantitative estimate of drug-likeness (QED) is 0.622. The number of rotatable bonds is 5. The van der Waals surface area contributed by atoms with Crippen molar-refractivity contribution in [2.24, 2.45) is 0 Å². The van der Waals surface area contributed by atoms with Crippen molar-refractivity contribution < 1.29 is 9.50 Å². The average molecular weight is 277 g/mol. The van der Waals surface area contributed by atoms with Gasteiger partial charge in [-0.25, -0.2) is 9.37 Å². The van der Waals surface area contributed by atoms with Crippen molar-refractivity contribution >= 4 is 23.1 Å². The summed E-state index contributed by atoms with van der Waals surface area (Å²) in [6.07, 6.45) is 1.06. The molecular formula is C13H16FN5O. The van der Waals surface area contributed by atoms with Crippen LogP contribution < -0.4 is 16.4 Å². The molecule has 0 bridgehead atoms. The molecule has 1 aromatic heterocycles. The van der Waals surface area contributed by atoms with Gasteiger partial charge in [0.15, 0.2) is 11.6 Å². The van der Waals surface area contributed by atoms with Gasteiger partial charge in [-0.15, -0.1) is 0 Å². The highest BCUT2D eigenvalue weighted by Gasteiger charge is 2.09. The van der Waals surface area contributed by atoms with Gasteiger partial charge in [-0.1, -0.05) is 6.07 Å². The van der Waals surface area contributed by atoms with E-state index in [4.69, 9.17) is 10.8 Å². The molecule has 0 fully saturated rings. The Morgan fingerprint density at radius 2 is 2.25 bits per heavy atom. The highest BCUT2D eigenvalue weighted by molar-refractivity contribution is 5.60. The van der Waals surface area contributed by atoms with E-state index in [-0.39, 0.29) is 24.4 Å². The van der Waals surface area contributed by atoms with Crippen LogP contribution in [0.4, 0.5) is 27.5 Å². The zero-order chi connectivity index (χ0) is 14.5. The Labute approximate surface area is 115 Å². The molecule has 1 heterocycles. The van der Waals surface area contributed by atoms with Crippen molar-refractivity contribution in [3.05, 3.63) is 36.3 Å². The molecule has 1 unspecified atom stereocenters. The van der Waals surface area contributed by atoms with Crippen molar-refractivity contribution in [2.75, 3.05) is 23.0 Å². The standard InChI is InChI=1S/C13H16FN5O/c1-8(7-20)17-12-11(14)6-16-13(19-12)18-10-4-2-3-9(15)5-10/h2-6,8,20H,7,15H2,1H3,(H2,16,17,18,19). The summed E-state index contributed by atoms with van der Waals surface area (Å²) in [5.41, 5.74) is 6.98. The lowest BCUT2D eigenvalue weighted by atomic mass is 10.3. The molecule has 0 aliphatic carbocycles. The van der Waals surface area contributed by atoms with Crippen LogP contribution >= 0.6 is 0 Å². The van der Waals surface area contributed by atoms with Crippen LogP contribution in [0, 0.1) is 5.82 Å². The number of benzene rings is 1. The molecule has 1 atom stereocenters. The molecule has 0 amide bonds. The van der Waals surface area contributed by atoms with Crippen molar-refractivity contribution in [3.63, 3.8) is 0 Å². The number of nitrogens with one attached hydrogen (secondary N) is 2. The summed E-state index contributed by atoms with van der Waals surface area (Å²) in [5, 5.41) is 14.7. The van der Waals surface area contributed by atoms with Crippen LogP contribution in [0.1, 0.15) is 6.92 Å². The van der Waals surface area contributed by atoms with Gasteiger partial charge in [0.2, 0.25) is 5.95 Å². The summed E-state index contributed by atoms with van der Waals surface area (Å²) < 4.78 is 13.6. The molecule has 0 spiro atoms. The van der Waals surface area contributed by atoms with E-state index >= 15 is 0 Å². The minimum Gasteiger partial charge on any atom is -0.399 e. The molecule has 6 nitrogen and oxygen atoms in total. The van der Waals surface area contributed by atoms with E-state index in [0.717, 1.165) is 6.20 Å². The number of nitrogens with two attached hydrogens (primary N) is 1. The van der Waals surface area contributed by atoms with Crippen molar-refractivity contribution in [2.45, 2.75) is 13.0 Å². The third-order valence-electron chi connectivity index (χ3n) is 2.54. The molecule has 2 aromatic rings. The summed E-state index contributed by atoms with van der Waals surface area (Å²) in [6, 6.07) is 6.75. The van der Waals surface area contributed by atoms with E-state index < -0.39 is 5.82 Å². The predicted octanol–water partition coefficient (Wildman–Crippen LogP) is 1.73. The maximum absolute atomic E-state index is 13.6. The zero-order valence-electron chi connectivity index (χ0n) is 11.0. The van der Waals surface area contributed by atoms with Crippen molar-refractivity contribution in [1.29, 1.82) is 0 Å². The number of nitrogen functional groups attached to an aromatic ring is 1. The second kappa shape index (κ2) is 6.16. The number of nitrogens with zero attached hydrogens (tertiary/aromatic N) is 2. The molecule has 0 radical (unpaired) electrons. The largest absolute Gasteiger partial charge is 0.399 e. The van der Waals surface area contributed by atoms with Crippen LogP contribution in [0.2, 0.25) is 0 Å². The Balaban J connectivity index is 2.18. The first kappa shape index (κ1) is 14.0. The molecular weight excluding hydrogens is 261 g/mol. The number of anilines is 4. The first-order valence-electron chi connectivity index (χ1n) is 6.11. The second-order valence-electron chi connectivity index (χ2n) is 4.37. The number of hydrogen-bond acceptors (Lipinski definition) is 6. The highest BCUT2D eigenvalue weighted by Crippen LogP contribution is 2.18. The molecule has 5 N–H and O–H groups in total. The van der Waals surface area contributed by atoms with E-state index in [1.807, 2.05) is 0 Å². The molecule has 7 heteroatoms. The zero-order valence-corrected chi connectivity index (χ0v) is 11.0. The van der Waals surface area contributed by atoms with E-state index in [1.54, 1.807) is 31.2 Å². The molecule has 0 saturated heterocycles. The Kier molecular flexibility index (Phi) is 4.31. The fourth-order valence-electron chi connectivity index (χ4n) is 1.55. The van der Waals surface area contributed by atoms with Crippen molar-refractivity contribution in [1.82, 2.24) is 9.97 Å². The predicted molar refractivity (Wildman–Crippen MR) is 76.3 cm³/mol. The maximum atomic E-state index is 13.6. The summed E-state index contributed by atoms with van der Waals surface area (Å²) in [6.45, 7) is 1.59. The van der Waals surface area contributed by atoms with Crippen molar-refractivity contribution in [3.8, 4) is 0 Å². The fourth-order valence-corrected chi connectivity index (χ4v) is 1.55. The second-order valence-corrected chi connectivity index (χ2v) is 4.37. The minimum atomic E-state index is -0.580. The first-order chi connectivity index (χ1) is 9.58. The first-order valence-corrected chi connectivity index (χ1v) is 6.11. The van der Waals surface area contributed by atoms with E-state index in [9.17, 15) is 4.39 Å². The average Bonchev–Trinajstić information content (AvgIpc) is 2.42. The van der Waals surface area contributed by atoms with Gasteiger partial charge in [-0.3, -0.25) is 0 Å². The van der Waals surface area contributed by atoms with Gasteiger partial charge in [0.1, 0.15) is 0 Å². The number of aliphatic hydroxyl groups is 1. The van der Waals surface area contributed by atoms with Crippen LogP contribution in [-0.2, 0) is 0 Å².